The highest BCUT2D eigenvalue weighted by molar-refractivity contribution is 7.80. The first-order chi connectivity index (χ1) is 6.88. The van der Waals surface area contributed by atoms with Crippen LogP contribution in [0.4, 0.5) is 0 Å². The maximum atomic E-state index is 5.46. The van der Waals surface area contributed by atoms with E-state index in [9.17, 15) is 0 Å². The van der Waals surface area contributed by atoms with E-state index in [1.807, 2.05) is 0 Å². The lowest BCUT2D eigenvalue weighted by Gasteiger charge is -2.27. The third-order valence-corrected chi connectivity index (χ3v) is 3.19. The van der Waals surface area contributed by atoms with Gasteiger partial charge < -0.3 is 4.74 Å². The lowest BCUT2D eigenvalue weighted by atomic mass is 10.2. The van der Waals surface area contributed by atoms with Crippen molar-refractivity contribution in [3.8, 4) is 0 Å². The van der Waals surface area contributed by atoms with Crippen molar-refractivity contribution in [2.75, 3.05) is 32.1 Å². The maximum Gasteiger partial charge on any atom is 0.0593 e. The van der Waals surface area contributed by atoms with Gasteiger partial charge in [0.15, 0.2) is 0 Å². The summed E-state index contributed by atoms with van der Waals surface area (Å²) in [6.07, 6.45) is 5.61. The summed E-state index contributed by atoms with van der Waals surface area (Å²) in [5, 5.41) is 0. The fraction of sp³-hybridized carbons (Fsp3) is 1.00. The molecule has 0 radical (unpaired) electrons. The Hall–Kier alpha value is 0.270. The summed E-state index contributed by atoms with van der Waals surface area (Å²) in [5.41, 5.74) is 0. The second-order valence-corrected chi connectivity index (χ2v) is 4.35. The Morgan fingerprint density at radius 2 is 2.00 bits per heavy atom. The second-order valence-electron chi connectivity index (χ2n) is 3.90. The van der Waals surface area contributed by atoms with Crippen LogP contribution in [-0.4, -0.2) is 43.0 Å². The highest BCUT2D eigenvalue weighted by atomic mass is 32.1. The maximum absolute atomic E-state index is 5.46. The number of ether oxygens (including phenoxy) is 1. The zero-order valence-electron chi connectivity index (χ0n) is 9.24. The van der Waals surface area contributed by atoms with Crippen LogP contribution in [0.5, 0.6) is 0 Å². The SMILES string of the molecule is CCN(CCOCCS)C1CCCC1. The van der Waals surface area contributed by atoms with Gasteiger partial charge in [0.2, 0.25) is 0 Å². The molecule has 0 spiro atoms. The molecule has 0 aromatic rings. The molecule has 0 aliphatic heterocycles. The molecule has 0 unspecified atom stereocenters. The van der Waals surface area contributed by atoms with E-state index in [4.69, 9.17) is 4.74 Å². The standard InChI is InChI=1S/C11H23NOS/c1-2-12(7-8-13-9-10-14)11-5-3-4-6-11/h11,14H,2-10H2,1H3. The minimum atomic E-state index is 0.783. The molecule has 2 nitrogen and oxygen atoms in total. The molecular weight excluding hydrogens is 194 g/mol. The summed E-state index contributed by atoms with van der Waals surface area (Å²) in [7, 11) is 0. The number of rotatable bonds is 7. The first-order valence-electron chi connectivity index (χ1n) is 5.81. The largest absolute Gasteiger partial charge is 0.379 e. The molecule has 84 valence electrons. The Morgan fingerprint density at radius 3 is 2.57 bits per heavy atom. The van der Waals surface area contributed by atoms with Crippen LogP contribution in [0.3, 0.4) is 0 Å². The molecule has 1 aliphatic rings. The molecule has 0 N–H and O–H groups in total. The topological polar surface area (TPSA) is 12.5 Å². The van der Waals surface area contributed by atoms with Gasteiger partial charge >= 0.3 is 0 Å². The molecule has 0 atom stereocenters. The first-order valence-corrected chi connectivity index (χ1v) is 6.44. The van der Waals surface area contributed by atoms with Crippen molar-refractivity contribution in [1.82, 2.24) is 4.90 Å². The Balaban J connectivity index is 2.11. The summed E-state index contributed by atoms with van der Waals surface area (Å²) in [4.78, 5) is 2.56. The van der Waals surface area contributed by atoms with E-state index in [0.29, 0.717) is 0 Å². The van der Waals surface area contributed by atoms with Crippen LogP contribution in [0.15, 0.2) is 0 Å². The number of thiol groups is 1. The molecule has 1 saturated carbocycles. The van der Waals surface area contributed by atoms with Crippen LogP contribution < -0.4 is 0 Å². The number of hydrogen-bond acceptors (Lipinski definition) is 3. The molecule has 0 heterocycles. The molecule has 0 aromatic heterocycles. The smallest absolute Gasteiger partial charge is 0.0593 e. The van der Waals surface area contributed by atoms with Gasteiger partial charge in [-0.3, -0.25) is 4.90 Å². The Labute approximate surface area is 93.4 Å². The minimum absolute atomic E-state index is 0.783. The normalized spacial score (nSPS) is 18.2. The van der Waals surface area contributed by atoms with E-state index in [2.05, 4.69) is 24.5 Å². The predicted octanol–water partition coefficient (Wildman–Crippen LogP) is 2.20. The average molecular weight is 217 g/mol. The molecule has 14 heavy (non-hydrogen) atoms. The Kier molecular flexibility index (Phi) is 6.65. The van der Waals surface area contributed by atoms with E-state index < -0.39 is 0 Å². The first kappa shape index (κ1) is 12.3. The minimum Gasteiger partial charge on any atom is -0.379 e. The number of nitrogens with zero attached hydrogens (tertiary/aromatic N) is 1. The Bertz CT molecular complexity index is 137. The van der Waals surface area contributed by atoms with Crippen molar-refractivity contribution in [1.29, 1.82) is 0 Å². The van der Waals surface area contributed by atoms with Gasteiger partial charge in [-0.25, -0.2) is 0 Å². The van der Waals surface area contributed by atoms with E-state index >= 15 is 0 Å². The molecule has 0 saturated heterocycles. The van der Waals surface area contributed by atoms with Crippen molar-refractivity contribution < 1.29 is 4.74 Å². The van der Waals surface area contributed by atoms with Crippen LogP contribution >= 0.6 is 12.6 Å². The highest BCUT2D eigenvalue weighted by Crippen LogP contribution is 2.22. The van der Waals surface area contributed by atoms with E-state index in [1.165, 1.54) is 25.7 Å². The molecule has 3 heteroatoms. The molecule has 0 aromatic carbocycles. The lowest BCUT2D eigenvalue weighted by molar-refractivity contribution is 0.0993. The summed E-state index contributed by atoms with van der Waals surface area (Å²) in [6, 6.07) is 0.833. The summed E-state index contributed by atoms with van der Waals surface area (Å²) < 4.78 is 5.46. The fourth-order valence-electron chi connectivity index (χ4n) is 2.22. The molecule has 1 rings (SSSR count). The second kappa shape index (κ2) is 7.55. The van der Waals surface area contributed by atoms with Gasteiger partial charge in [0.25, 0.3) is 0 Å². The quantitative estimate of drug-likeness (QED) is 0.518. The zero-order valence-corrected chi connectivity index (χ0v) is 10.1. The number of likely N-dealkylation sites (N-methyl/N-ethyl adjacent to an activating group) is 1. The third kappa shape index (κ3) is 4.20. The highest BCUT2D eigenvalue weighted by Gasteiger charge is 2.20. The van der Waals surface area contributed by atoms with Gasteiger partial charge in [0.05, 0.1) is 13.2 Å². The summed E-state index contributed by atoms with van der Waals surface area (Å²) in [5.74, 6) is 0.829. The van der Waals surface area contributed by atoms with E-state index in [-0.39, 0.29) is 0 Å². The molecule has 1 fully saturated rings. The molecule has 0 amide bonds. The van der Waals surface area contributed by atoms with Crippen LogP contribution in [0.2, 0.25) is 0 Å². The summed E-state index contributed by atoms with van der Waals surface area (Å²) in [6.45, 7) is 6.15. The molecular formula is C11H23NOS. The van der Waals surface area contributed by atoms with Crippen molar-refractivity contribution in [3.05, 3.63) is 0 Å². The van der Waals surface area contributed by atoms with Crippen molar-refractivity contribution >= 4 is 12.6 Å². The third-order valence-electron chi connectivity index (χ3n) is 3.01. The van der Waals surface area contributed by atoms with Gasteiger partial charge in [-0.15, -0.1) is 0 Å². The van der Waals surface area contributed by atoms with E-state index in [1.54, 1.807) is 0 Å². The average Bonchev–Trinajstić information content (AvgIpc) is 2.71. The van der Waals surface area contributed by atoms with Crippen LogP contribution in [0.1, 0.15) is 32.6 Å². The zero-order chi connectivity index (χ0) is 10.2. The van der Waals surface area contributed by atoms with Gasteiger partial charge in [-0.05, 0) is 19.4 Å². The Morgan fingerprint density at radius 1 is 1.29 bits per heavy atom. The van der Waals surface area contributed by atoms with Crippen LogP contribution in [0, 0.1) is 0 Å². The van der Waals surface area contributed by atoms with Gasteiger partial charge in [0.1, 0.15) is 0 Å². The van der Waals surface area contributed by atoms with Crippen molar-refractivity contribution in [2.24, 2.45) is 0 Å². The monoisotopic (exact) mass is 217 g/mol. The number of hydrogen-bond donors (Lipinski definition) is 1. The van der Waals surface area contributed by atoms with Gasteiger partial charge in [-0.2, -0.15) is 12.6 Å². The van der Waals surface area contributed by atoms with Gasteiger partial charge in [0, 0.05) is 18.3 Å². The van der Waals surface area contributed by atoms with Gasteiger partial charge in [-0.1, -0.05) is 19.8 Å². The van der Waals surface area contributed by atoms with Crippen molar-refractivity contribution in [3.63, 3.8) is 0 Å². The van der Waals surface area contributed by atoms with E-state index in [0.717, 1.165) is 38.1 Å². The van der Waals surface area contributed by atoms with Crippen LogP contribution in [0.25, 0.3) is 0 Å². The predicted molar refractivity (Wildman–Crippen MR) is 64.2 cm³/mol. The van der Waals surface area contributed by atoms with Crippen molar-refractivity contribution in [2.45, 2.75) is 38.6 Å². The fourth-order valence-corrected chi connectivity index (χ4v) is 2.35. The lowest BCUT2D eigenvalue weighted by Crippen LogP contribution is -2.35. The van der Waals surface area contributed by atoms with Crippen LogP contribution in [-0.2, 0) is 4.74 Å². The molecule has 1 aliphatic carbocycles. The summed E-state index contributed by atoms with van der Waals surface area (Å²) >= 11 is 4.12. The molecule has 0 bridgehead atoms.